The van der Waals surface area contributed by atoms with Crippen molar-refractivity contribution < 1.29 is 0 Å². The van der Waals surface area contributed by atoms with Gasteiger partial charge < -0.3 is 10.6 Å². The van der Waals surface area contributed by atoms with Crippen LogP contribution in [0.25, 0.3) is 0 Å². The third-order valence-electron chi connectivity index (χ3n) is 4.35. The molecule has 0 aromatic carbocycles. The van der Waals surface area contributed by atoms with Crippen LogP contribution in [0.15, 0.2) is 21.8 Å². The number of aliphatic imine (C=N–C) groups is 1. The lowest BCUT2D eigenvalue weighted by Crippen LogP contribution is -2.42. The predicted molar refractivity (Wildman–Crippen MR) is 110 cm³/mol. The van der Waals surface area contributed by atoms with Gasteiger partial charge in [0.1, 0.15) is 5.01 Å². The predicted octanol–water partition coefficient (Wildman–Crippen LogP) is 3.57. The monoisotopic (exact) mass is 379 g/mol. The summed E-state index contributed by atoms with van der Waals surface area (Å²) in [6, 6.07) is 2.57. The average Bonchev–Trinajstić information content (AvgIpc) is 3.24. The van der Waals surface area contributed by atoms with Crippen LogP contribution in [-0.2, 0) is 6.54 Å². The number of likely N-dealkylation sites (N-methyl/N-ethyl adjacent to an activating group) is 1. The Hall–Kier alpha value is -1.44. The van der Waals surface area contributed by atoms with Crippen LogP contribution in [0.1, 0.15) is 41.0 Å². The lowest BCUT2D eigenvalue weighted by molar-refractivity contribution is 0.219. The number of hydrogen-bond acceptors (Lipinski definition) is 5. The van der Waals surface area contributed by atoms with Crippen molar-refractivity contribution in [2.24, 2.45) is 4.99 Å². The molecule has 25 heavy (non-hydrogen) atoms. The van der Waals surface area contributed by atoms with Gasteiger partial charge in [-0.15, -0.1) is 11.3 Å². The second-order valence-corrected chi connectivity index (χ2v) is 7.92. The molecular formula is C18H29N5S2. The zero-order valence-corrected chi connectivity index (χ0v) is 17.4. The van der Waals surface area contributed by atoms with Gasteiger partial charge in [0.25, 0.3) is 0 Å². The number of aryl methyl sites for hydroxylation is 2. The van der Waals surface area contributed by atoms with Gasteiger partial charge in [0.2, 0.25) is 0 Å². The lowest BCUT2D eigenvalue weighted by Gasteiger charge is -2.30. The third kappa shape index (κ3) is 5.52. The highest BCUT2D eigenvalue weighted by Gasteiger charge is 2.18. The number of hydrogen-bond donors (Lipinski definition) is 2. The van der Waals surface area contributed by atoms with Crippen molar-refractivity contribution in [3.8, 4) is 0 Å². The molecule has 138 valence electrons. The Labute approximate surface area is 159 Å². The highest BCUT2D eigenvalue weighted by Crippen LogP contribution is 2.22. The molecule has 0 radical (unpaired) electrons. The zero-order chi connectivity index (χ0) is 18.2. The van der Waals surface area contributed by atoms with Gasteiger partial charge in [-0.3, -0.25) is 9.89 Å². The summed E-state index contributed by atoms with van der Waals surface area (Å²) in [7, 11) is 1.81. The fraction of sp³-hybridized carbons (Fsp3) is 0.556. The molecule has 0 saturated heterocycles. The summed E-state index contributed by atoms with van der Waals surface area (Å²) in [6.45, 7) is 12.2. The van der Waals surface area contributed by atoms with Gasteiger partial charge in [0.15, 0.2) is 5.96 Å². The standard InChI is InChI=1S/C18H29N5S2/c1-6-23(7-2)16(15-8-9-24-12-15)10-20-18(19-5)21-11-17-22-13(3)14(4)25-17/h8-9,12,16H,6-7,10-11H2,1-5H3,(H2,19,20,21). The van der Waals surface area contributed by atoms with Crippen LogP contribution in [0.5, 0.6) is 0 Å². The molecular weight excluding hydrogens is 350 g/mol. The first kappa shape index (κ1) is 19.9. The van der Waals surface area contributed by atoms with E-state index in [0.29, 0.717) is 12.6 Å². The SMILES string of the molecule is CCN(CC)C(CNC(=NC)NCc1nc(C)c(C)s1)c1ccsc1. The maximum absolute atomic E-state index is 4.57. The molecule has 2 aromatic heterocycles. The van der Waals surface area contributed by atoms with Gasteiger partial charge in [-0.1, -0.05) is 13.8 Å². The summed E-state index contributed by atoms with van der Waals surface area (Å²) in [4.78, 5) is 12.7. The maximum atomic E-state index is 4.57. The molecule has 5 nitrogen and oxygen atoms in total. The number of nitrogens with one attached hydrogen (secondary N) is 2. The fourth-order valence-corrected chi connectivity index (χ4v) is 4.36. The molecule has 0 amide bonds. The van der Waals surface area contributed by atoms with E-state index in [1.807, 2.05) is 7.05 Å². The average molecular weight is 380 g/mol. The molecule has 0 saturated carbocycles. The molecule has 2 N–H and O–H groups in total. The van der Waals surface area contributed by atoms with E-state index in [-0.39, 0.29) is 0 Å². The molecule has 0 aliphatic heterocycles. The summed E-state index contributed by atoms with van der Waals surface area (Å²) < 4.78 is 0. The molecule has 0 fully saturated rings. The second-order valence-electron chi connectivity index (χ2n) is 5.85. The maximum Gasteiger partial charge on any atom is 0.191 e. The van der Waals surface area contributed by atoms with Crippen LogP contribution in [0, 0.1) is 13.8 Å². The highest BCUT2D eigenvalue weighted by molar-refractivity contribution is 7.11. The molecule has 1 atom stereocenters. The van der Waals surface area contributed by atoms with Crippen LogP contribution < -0.4 is 10.6 Å². The number of thiazole rings is 1. The second kappa shape index (κ2) is 9.89. The number of guanidine groups is 1. The summed E-state index contributed by atoms with van der Waals surface area (Å²) in [6.07, 6.45) is 0. The number of nitrogens with zero attached hydrogens (tertiary/aromatic N) is 3. The van der Waals surface area contributed by atoms with Gasteiger partial charge >= 0.3 is 0 Å². The molecule has 1 unspecified atom stereocenters. The summed E-state index contributed by atoms with van der Waals surface area (Å²) in [5.74, 6) is 0.817. The fourth-order valence-electron chi connectivity index (χ4n) is 2.77. The van der Waals surface area contributed by atoms with Crippen LogP contribution >= 0.6 is 22.7 Å². The first-order chi connectivity index (χ1) is 12.1. The Balaban J connectivity index is 1.95. The number of rotatable bonds is 8. The summed E-state index contributed by atoms with van der Waals surface area (Å²) in [5, 5.41) is 12.3. The highest BCUT2D eigenvalue weighted by atomic mass is 32.1. The van der Waals surface area contributed by atoms with E-state index in [1.165, 1.54) is 10.4 Å². The van der Waals surface area contributed by atoms with Crippen LogP contribution in [-0.4, -0.2) is 42.5 Å². The van der Waals surface area contributed by atoms with Crippen LogP contribution in [0.4, 0.5) is 0 Å². The van der Waals surface area contributed by atoms with Gasteiger partial charge in [-0.05, 0) is 49.3 Å². The van der Waals surface area contributed by atoms with Gasteiger partial charge in [-0.2, -0.15) is 11.3 Å². The van der Waals surface area contributed by atoms with E-state index in [1.54, 1.807) is 22.7 Å². The van der Waals surface area contributed by atoms with Crippen molar-refractivity contribution in [3.05, 3.63) is 38.0 Å². The summed E-state index contributed by atoms with van der Waals surface area (Å²) in [5.41, 5.74) is 2.48. The van der Waals surface area contributed by atoms with E-state index < -0.39 is 0 Å². The van der Waals surface area contributed by atoms with E-state index in [9.17, 15) is 0 Å². The minimum absolute atomic E-state index is 0.351. The lowest BCUT2D eigenvalue weighted by atomic mass is 10.1. The number of aromatic nitrogens is 1. The Kier molecular flexibility index (Phi) is 7.87. The van der Waals surface area contributed by atoms with E-state index in [4.69, 9.17) is 0 Å². The zero-order valence-electron chi connectivity index (χ0n) is 15.8. The van der Waals surface area contributed by atoms with E-state index >= 15 is 0 Å². The smallest absolute Gasteiger partial charge is 0.191 e. The van der Waals surface area contributed by atoms with E-state index in [2.05, 4.69) is 70.0 Å². The van der Waals surface area contributed by atoms with Crippen LogP contribution in [0.2, 0.25) is 0 Å². The van der Waals surface area contributed by atoms with Gasteiger partial charge in [-0.25, -0.2) is 4.98 Å². The molecule has 2 rings (SSSR count). The van der Waals surface area contributed by atoms with Gasteiger partial charge in [0, 0.05) is 18.5 Å². The Bertz CT molecular complexity index is 640. The molecule has 2 heterocycles. The normalized spacial score (nSPS) is 13.3. The van der Waals surface area contributed by atoms with Crippen molar-refractivity contribution in [1.82, 2.24) is 20.5 Å². The van der Waals surface area contributed by atoms with E-state index in [0.717, 1.165) is 36.3 Å². The largest absolute Gasteiger partial charge is 0.354 e. The first-order valence-electron chi connectivity index (χ1n) is 8.72. The Morgan fingerprint density at radius 2 is 2.04 bits per heavy atom. The molecule has 7 heteroatoms. The Morgan fingerprint density at radius 3 is 2.56 bits per heavy atom. The van der Waals surface area contributed by atoms with Gasteiger partial charge in [0.05, 0.1) is 18.3 Å². The molecule has 0 spiro atoms. The summed E-state index contributed by atoms with van der Waals surface area (Å²) >= 11 is 3.49. The van der Waals surface area contributed by atoms with Crippen molar-refractivity contribution in [3.63, 3.8) is 0 Å². The topological polar surface area (TPSA) is 52.5 Å². The third-order valence-corrected chi connectivity index (χ3v) is 6.12. The first-order valence-corrected chi connectivity index (χ1v) is 10.5. The molecule has 2 aromatic rings. The van der Waals surface area contributed by atoms with Crippen molar-refractivity contribution in [2.75, 3.05) is 26.7 Å². The number of thiophene rings is 1. The van der Waals surface area contributed by atoms with Crippen LogP contribution in [0.3, 0.4) is 0 Å². The Morgan fingerprint density at radius 1 is 1.28 bits per heavy atom. The molecule has 0 aliphatic rings. The minimum atomic E-state index is 0.351. The van der Waals surface area contributed by atoms with Crippen molar-refractivity contribution in [2.45, 2.75) is 40.3 Å². The van der Waals surface area contributed by atoms with Crippen molar-refractivity contribution >= 4 is 28.6 Å². The quantitative estimate of drug-likeness (QED) is 0.544. The minimum Gasteiger partial charge on any atom is -0.354 e. The molecule has 0 bridgehead atoms. The van der Waals surface area contributed by atoms with Crippen molar-refractivity contribution in [1.29, 1.82) is 0 Å². The molecule has 0 aliphatic carbocycles.